The number of nitrogens with one attached hydrogen (secondary N) is 1. The van der Waals surface area contributed by atoms with Crippen molar-refractivity contribution in [1.29, 1.82) is 0 Å². The van der Waals surface area contributed by atoms with E-state index in [0.29, 0.717) is 5.02 Å². The van der Waals surface area contributed by atoms with Crippen molar-refractivity contribution in [3.63, 3.8) is 0 Å². The van der Waals surface area contributed by atoms with Crippen molar-refractivity contribution in [2.24, 2.45) is 0 Å². The quantitative estimate of drug-likeness (QED) is 0.565. The number of esters is 1. The number of carbonyl (C=O) groups excluding carboxylic acids is 1. The van der Waals surface area contributed by atoms with E-state index in [1.54, 1.807) is 18.2 Å². The molecule has 3 rings (SSSR count). The summed E-state index contributed by atoms with van der Waals surface area (Å²) in [6, 6.07) is 12.7. The molecule has 0 unspecified atom stereocenters. The van der Waals surface area contributed by atoms with Crippen LogP contribution in [0.15, 0.2) is 48.7 Å². The first-order chi connectivity index (χ1) is 10.1. The van der Waals surface area contributed by atoms with E-state index in [4.69, 9.17) is 27.9 Å². The van der Waals surface area contributed by atoms with E-state index in [2.05, 4.69) is 4.98 Å². The van der Waals surface area contributed by atoms with Gasteiger partial charge < -0.3 is 9.72 Å². The highest BCUT2D eigenvalue weighted by Crippen LogP contribution is 2.31. The van der Waals surface area contributed by atoms with Crippen LogP contribution < -0.4 is 4.74 Å². The number of aromatic nitrogens is 1. The molecular weight excluding hydrogens is 309 g/mol. The number of ether oxygens (including phenoxy) is 1. The molecule has 5 heteroatoms. The summed E-state index contributed by atoms with van der Waals surface area (Å²) in [5, 5.41) is 1.60. The highest BCUT2D eigenvalue weighted by Gasteiger charge is 2.13. The van der Waals surface area contributed by atoms with Gasteiger partial charge in [0.05, 0.1) is 11.4 Å². The minimum Gasteiger partial charge on any atom is -0.425 e. The van der Waals surface area contributed by atoms with Gasteiger partial charge in [-0.2, -0.15) is 0 Å². The molecule has 0 saturated carbocycles. The molecule has 0 aliphatic carbocycles. The predicted molar refractivity (Wildman–Crippen MR) is 84.1 cm³/mol. The number of fused-ring (bicyclic) bond motifs is 1. The number of rotatable bonds is 3. The zero-order valence-electron chi connectivity index (χ0n) is 10.9. The van der Waals surface area contributed by atoms with E-state index < -0.39 is 0 Å². The van der Waals surface area contributed by atoms with Crippen molar-refractivity contribution in [3.05, 3.63) is 64.3 Å². The normalized spacial score (nSPS) is 10.8. The summed E-state index contributed by atoms with van der Waals surface area (Å²) in [6.45, 7) is 0. The van der Waals surface area contributed by atoms with Crippen LogP contribution >= 0.6 is 23.2 Å². The van der Waals surface area contributed by atoms with Gasteiger partial charge in [-0.3, -0.25) is 4.79 Å². The summed E-state index contributed by atoms with van der Waals surface area (Å²) in [7, 11) is 0. The molecule has 0 aliphatic heterocycles. The van der Waals surface area contributed by atoms with Crippen molar-refractivity contribution < 1.29 is 9.53 Å². The Bertz CT molecular complexity index is 811. The van der Waals surface area contributed by atoms with E-state index in [9.17, 15) is 4.79 Å². The van der Waals surface area contributed by atoms with E-state index in [1.807, 2.05) is 30.5 Å². The van der Waals surface area contributed by atoms with E-state index in [0.717, 1.165) is 16.5 Å². The van der Waals surface area contributed by atoms with Gasteiger partial charge in [-0.25, -0.2) is 0 Å². The van der Waals surface area contributed by atoms with Gasteiger partial charge in [0.15, 0.2) is 5.75 Å². The van der Waals surface area contributed by atoms with Gasteiger partial charge in [-0.1, -0.05) is 47.5 Å². The standard InChI is InChI=1S/C16H11Cl2NO2/c17-12-5-3-7-14(16(12)18)21-15(20)8-10-9-19-13-6-2-1-4-11(10)13/h1-7,9,19H,8H2. The molecule has 0 atom stereocenters. The molecule has 2 aromatic carbocycles. The van der Waals surface area contributed by atoms with Crippen molar-refractivity contribution in [3.8, 4) is 5.75 Å². The van der Waals surface area contributed by atoms with Crippen molar-refractivity contribution in [2.75, 3.05) is 0 Å². The summed E-state index contributed by atoms with van der Waals surface area (Å²) >= 11 is 11.9. The largest absolute Gasteiger partial charge is 0.425 e. The summed E-state index contributed by atoms with van der Waals surface area (Å²) in [5.41, 5.74) is 1.87. The monoisotopic (exact) mass is 319 g/mol. The second-order valence-electron chi connectivity index (χ2n) is 4.56. The molecule has 0 saturated heterocycles. The fourth-order valence-electron chi connectivity index (χ4n) is 2.15. The van der Waals surface area contributed by atoms with Crippen LogP contribution in [-0.2, 0) is 11.2 Å². The van der Waals surface area contributed by atoms with Crippen molar-refractivity contribution >= 4 is 40.1 Å². The number of hydrogen-bond acceptors (Lipinski definition) is 2. The Hall–Kier alpha value is -1.97. The first-order valence-corrected chi connectivity index (χ1v) is 7.10. The zero-order chi connectivity index (χ0) is 14.8. The number of para-hydroxylation sites is 1. The highest BCUT2D eigenvalue weighted by molar-refractivity contribution is 6.43. The summed E-state index contributed by atoms with van der Waals surface area (Å²) in [4.78, 5) is 15.2. The first-order valence-electron chi connectivity index (χ1n) is 6.35. The fraction of sp³-hybridized carbons (Fsp3) is 0.0625. The second kappa shape index (κ2) is 5.80. The Morgan fingerprint density at radius 2 is 1.90 bits per heavy atom. The van der Waals surface area contributed by atoms with Crippen molar-refractivity contribution in [1.82, 2.24) is 4.98 Å². The number of aromatic amines is 1. The lowest BCUT2D eigenvalue weighted by atomic mass is 10.1. The number of benzene rings is 2. The third-order valence-electron chi connectivity index (χ3n) is 3.15. The average Bonchev–Trinajstić information content (AvgIpc) is 2.87. The van der Waals surface area contributed by atoms with Gasteiger partial charge in [-0.05, 0) is 23.8 Å². The van der Waals surface area contributed by atoms with Crippen LogP contribution in [0.4, 0.5) is 0 Å². The maximum Gasteiger partial charge on any atom is 0.315 e. The van der Waals surface area contributed by atoms with E-state index in [1.165, 1.54) is 0 Å². The van der Waals surface area contributed by atoms with E-state index in [-0.39, 0.29) is 23.2 Å². The highest BCUT2D eigenvalue weighted by atomic mass is 35.5. The van der Waals surface area contributed by atoms with Crippen LogP contribution in [-0.4, -0.2) is 11.0 Å². The van der Waals surface area contributed by atoms with Crippen LogP contribution in [0.3, 0.4) is 0 Å². The van der Waals surface area contributed by atoms with Gasteiger partial charge in [0.25, 0.3) is 0 Å². The Morgan fingerprint density at radius 3 is 2.76 bits per heavy atom. The molecule has 0 fully saturated rings. The molecule has 21 heavy (non-hydrogen) atoms. The molecule has 3 aromatic rings. The van der Waals surface area contributed by atoms with Gasteiger partial charge in [0, 0.05) is 17.1 Å². The minimum atomic E-state index is -0.385. The zero-order valence-corrected chi connectivity index (χ0v) is 12.4. The molecule has 1 aromatic heterocycles. The SMILES string of the molecule is O=C(Cc1c[nH]c2ccccc12)Oc1cccc(Cl)c1Cl. The number of carbonyl (C=O) groups is 1. The van der Waals surface area contributed by atoms with Crippen LogP contribution in [0.5, 0.6) is 5.75 Å². The maximum atomic E-state index is 12.0. The van der Waals surface area contributed by atoms with Crippen LogP contribution in [0.1, 0.15) is 5.56 Å². The number of H-pyrrole nitrogens is 1. The van der Waals surface area contributed by atoms with Gasteiger partial charge in [-0.15, -0.1) is 0 Å². The maximum absolute atomic E-state index is 12.0. The second-order valence-corrected chi connectivity index (χ2v) is 5.35. The summed E-state index contributed by atoms with van der Waals surface area (Å²) in [5.74, 6) is -0.113. The fourth-order valence-corrected chi connectivity index (χ4v) is 2.49. The van der Waals surface area contributed by atoms with Gasteiger partial charge in [0.2, 0.25) is 0 Å². The molecular formula is C16H11Cl2NO2. The van der Waals surface area contributed by atoms with Crippen LogP contribution in [0.25, 0.3) is 10.9 Å². The van der Waals surface area contributed by atoms with E-state index >= 15 is 0 Å². The predicted octanol–water partition coefficient (Wildman–Crippen LogP) is 4.62. The molecule has 1 N–H and O–H groups in total. The summed E-state index contributed by atoms with van der Waals surface area (Å²) < 4.78 is 5.28. The van der Waals surface area contributed by atoms with Gasteiger partial charge >= 0.3 is 5.97 Å². The third-order valence-corrected chi connectivity index (χ3v) is 3.95. The molecule has 3 nitrogen and oxygen atoms in total. The molecule has 0 radical (unpaired) electrons. The Kier molecular flexibility index (Phi) is 3.86. The average molecular weight is 320 g/mol. The van der Waals surface area contributed by atoms with Crippen LogP contribution in [0, 0.1) is 0 Å². The molecule has 0 aliphatic rings. The molecule has 0 bridgehead atoms. The molecule has 0 spiro atoms. The lowest BCUT2D eigenvalue weighted by Crippen LogP contribution is -2.11. The molecule has 1 heterocycles. The van der Waals surface area contributed by atoms with Crippen LogP contribution in [0.2, 0.25) is 10.0 Å². The molecule has 0 amide bonds. The Labute approximate surface area is 131 Å². The minimum absolute atomic E-state index is 0.160. The topological polar surface area (TPSA) is 42.1 Å². The van der Waals surface area contributed by atoms with Gasteiger partial charge in [0.1, 0.15) is 5.02 Å². The first kappa shape index (κ1) is 14.0. The Balaban J connectivity index is 1.79. The number of hydrogen-bond donors (Lipinski definition) is 1. The van der Waals surface area contributed by atoms with Crippen molar-refractivity contribution in [2.45, 2.75) is 6.42 Å². The Morgan fingerprint density at radius 1 is 1.10 bits per heavy atom. The smallest absolute Gasteiger partial charge is 0.315 e. The summed E-state index contributed by atoms with van der Waals surface area (Å²) in [6.07, 6.45) is 1.97. The number of halogens is 2. The molecule has 106 valence electrons. The lowest BCUT2D eigenvalue weighted by molar-refractivity contribution is -0.133. The third kappa shape index (κ3) is 2.89. The lowest BCUT2D eigenvalue weighted by Gasteiger charge is -2.06.